The average molecular weight is 347 g/mol. The van der Waals surface area contributed by atoms with Gasteiger partial charge in [0.1, 0.15) is 11.5 Å². The topological polar surface area (TPSA) is 35.5 Å². The van der Waals surface area contributed by atoms with Crippen molar-refractivity contribution in [1.82, 2.24) is 0 Å². The lowest BCUT2D eigenvalue weighted by Gasteiger charge is -2.13. The summed E-state index contributed by atoms with van der Waals surface area (Å²) >= 11 is 3.38. The Morgan fingerprint density at radius 1 is 1.33 bits per heavy atom. The number of hydrogen-bond acceptors (Lipinski definition) is 3. The first-order valence-corrected chi connectivity index (χ1v) is 7.59. The van der Waals surface area contributed by atoms with Gasteiger partial charge in [-0.15, -0.1) is 0 Å². The zero-order valence-corrected chi connectivity index (χ0v) is 13.2. The second-order valence-electron chi connectivity index (χ2n) is 5.05. The van der Waals surface area contributed by atoms with Crippen LogP contribution < -0.4 is 9.47 Å². The zero-order valence-electron chi connectivity index (χ0n) is 11.6. The van der Waals surface area contributed by atoms with E-state index in [1.807, 2.05) is 30.3 Å². The number of para-hydroxylation sites is 1. The van der Waals surface area contributed by atoms with E-state index in [9.17, 15) is 4.79 Å². The SMILES string of the molecule is CC(=O)c1cc(Br)ccc1OCC1COc2ccccc21. The highest BCUT2D eigenvalue weighted by Gasteiger charge is 2.24. The number of carbonyl (C=O) groups excluding carboxylic acids is 1. The van der Waals surface area contributed by atoms with Gasteiger partial charge in [-0.05, 0) is 31.2 Å². The molecule has 0 fully saturated rings. The van der Waals surface area contributed by atoms with E-state index in [0.29, 0.717) is 24.5 Å². The molecule has 3 nitrogen and oxygen atoms in total. The summed E-state index contributed by atoms with van der Waals surface area (Å²) in [6.45, 7) is 2.66. The van der Waals surface area contributed by atoms with Crippen molar-refractivity contribution in [3.8, 4) is 11.5 Å². The third kappa shape index (κ3) is 2.95. The van der Waals surface area contributed by atoms with Crippen molar-refractivity contribution < 1.29 is 14.3 Å². The lowest BCUT2D eigenvalue weighted by atomic mass is 10.0. The third-order valence-corrected chi connectivity index (χ3v) is 4.05. The quantitative estimate of drug-likeness (QED) is 0.778. The number of fused-ring (bicyclic) bond motifs is 1. The van der Waals surface area contributed by atoms with Crippen LogP contribution in [0.25, 0.3) is 0 Å². The van der Waals surface area contributed by atoms with Gasteiger partial charge in [0.15, 0.2) is 5.78 Å². The Morgan fingerprint density at radius 2 is 2.14 bits per heavy atom. The van der Waals surface area contributed by atoms with Gasteiger partial charge in [-0.1, -0.05) is 34.1 Å². The van der Waals surface area contributed by atoms with E-state index in [-0.39, 0.29) is 11.7 Å². The Hall–Kier alpha value is -1.81. The van der Waals surface area contributed by atoms with Crippen LogP contribution in [0.5, 0.6) is 11.5 Å². The predicted octanol–water partition coefficient (Wildman–Crippen LogP) is 4.21. The van der Waals surface area contributed by atoms with Gasteiger partial charge in [0, 0.05) is 10.0 Å². The second kappa shape index (κ2) is 5.90. The second-order valence-corrected chi connectivity index (χ2v) is 5.97. The fraction of sp³-hybridized carbons (Fsp3) is 0.235. The first-order chi connectivity index (χ1) is 10.1. The van der Waals surface area contributed by atoms with Crippen LogP contribution in [0.15, 0.2) is 46.9 Å². The van der Waals surface area contributed by atoms with Gasteiger partial charge in [-0.2, -0.15) is 0 Å². The Bertz CT molecular complexity index is 681. The maximum absolute atomic E-state index is 11.7. The highest BCUT2D eigenvalue weighted by atomic mass is 79.9. The molecule has 0 spiro atoms. The van der Waals surface area contributed by atoms with Crippen LogP contribution in [0, 0.1) is 0 Å². The Balaban J connectivity index is 1.76. The van der Waals surface area contributed by atoms with Crippen molar-refractivity contribution in [3.05, 3.63) is 58.1 Å². The molecule has 0 radical (unpaired) electrons. The minimum Gasteiger partial charge on any atom is -0.493 e. The molecule has 2 aromatic rings. The zero-order chi connectivity index (χ0) is 14.8. The molecule has 3 rings (SSSR count). The molecule has 0 amide bonds. The van der Waals surface area contributed by atoms with E-state index in [0.717, 1.165) is 10.2 Å². The molecule has 21 heavy (non-hydrogen) atoms. The fourth-order valence-corrected chi connectivity index (χ4v) is 2.82. The van der Waals surface area contributed by atoms with E-state index < -0.39 is 0 Å². The Morgan fingerprint density at radius 3 is 2.95 bits per heavy atom. The maximum atomic E-state index is 11.7. The molecule has 1 unspecified atom stereocenters. The molecule has 1 atom stereocenters. The van der Waals surface area contributed by atoms with Gasteiger partial charge in [-0.25, -0.2) is 0 Å². The predicted molar refractivity (Wildman–Crippen MR) is 84.3 cm³/mol. The van der Waals surface area contributed by atoms with Gasteiger partial charge < -0.3 is 9.47 Å². The van der Waals surface area contributed by atoms with E-state index >= 15 is 0 Å². The number of halogens is 1. The average Bonchev–Trinajstić information content (AvgIpc) is 2.89. The van der Waals surface area contributed by atoms with Crippen LogP contribution in [0.2, 0.25) is 0 Å². The number of ether oxygens (including phenoxy) is 2. The van der Waals surface area contributed by atoms with Crippen LogP contribution in [0.3, 0.4) is 0 Å². The van der Waals surface area contributed by atoms with E-state index in [1.165, 1.54) is 5.56 Å². The van der Waals surface area contributed by atoms with E-state index in [4.69, 9.17) is 9.47 Å². The largest absolute Gasteiger partial charge is 0.493 e. The molecule has 0 bridgehead atoms. The lowest BCUT2D eigenvalue weighted by molar-refractivity contribution is 0.101. The molecule has 0 saturated carbocycles. The summed E-state index contributed by atoms with van der Waals surface area (Å²) in [6, 6.07) is 13.5. The summed E-state index contributed by atoms with van der Waals surface area (Å²) in [6.07, 6.45) is 0. The third-order valence-electron chi connectivity index (χ3n) is 3.56. The van der Waals surface area contributed by atoms with Crippen molar-refractivity contribution in [3.63, 3.8) is 0 Å². The molecular formula is C17H15BrO3. The number of hydrogen-bond donors (Lipinski definition) is 0. The van der Waals surface area contributed by atoms with E-state index in [1.54, 1.807) is 13.0 Å². The summed E-state index contributed by atoms with van der Waals surface area (Å²) in [5.41, 5.74) is 1.76. The number of ketones is 1. The van der Waals surface area contributed by atoms with Crippen LogP contribution in [0.1, 0.15) is 28.8 Å². The number of Topliss-reactive ketones (excluding diaryl/α,β-unsaturated/α-hetero) is 1. The molecule has 0 aliphatic carbocycles. The first-order valence-electron chi connectivity index (χ1n) is 6.80. The first kappa shape index (κ1) is 14.1. The smallest absolute Gasteiger partial charge is 0.163 e. The molecule has 2 aromatic carbocycles. The summed E-state index contributed by atoms with van der Waals surface area (Å²) in [7, 11) is 0. The van der Waals surface area contributed by atoms with Crippen LogP contribution in [-0.4, -0.2) is 19.0 Å². The minimum atomic E-state index is -0.00521. The molecule has 4 heteroatoms. The molecular weight excluding hydrogens is 332 g/mol. The monoisotopic (exact) mass is 346 g/mol. The standard InChI is InChI=1S/C17H15BrO3/c1-11(19)15-8-13(18)6-7-17(15)21-10-12-9-20-16-5-3-2-4-14(12)16/h2-8,12H,9-10H2,1H3. The van der Waals surface area contributed by atoms with Gasteiger partial charge in [0.05, 0.1) is 24.7 Å². The maximum Gasteiger partial charge on any atom is 0.163 e. The Kier molecular flexibility index (Phi) is 3.97. The van der Waals surface area contributed by atoms with Gasteiger partial charge in [0.25, 0.3) is 0 Å². The van der Waals surface area contributed by atoms with Crippen molar-refractivity contribution in [2.45, 2.75) is 12.8 Å². The van der Waals surface area contributed by atoms with Gasteiger partial charge >= 0.3 is 0 Å². The van der Waals surface area contributed by atoms with Crippen molar-refractivity contribution in [1.29, 1.82) is 0 Å². The molecule has 0 aromatic heterocycles. The molecule has 1 aliphatic heterocycles. The summed E-state index contributed by atoms with van der Waals surface area (Å²) in [4.78, 5) is 11.7. The van der Waals surface area contributed by atoms with Crippen LogP contribution in [-0.2, 0) is 0 Å². The summed E-state index contributed by atoms with van der Waals surface area (Å²) in [5.74, 6) is 1.74. The van der Waals surface area contributed by atoms with Gasteiger partial charge in [-0.3, -0.25) is 4.79 Å². The molecule has 0 saturated heterocycles. The van der Waals surface area contributed by atoms with Gasteiger partial charge in [0.2, 0.25) is 0 Å². The molecule has 1 aliphatic rings. The van der Waals surface area contributed by atoms with Crippen LogP contribution >= 0.6 is 15.9 Å². The van der Waals surface area contributed by atoms with E-state index in [2.05, 4.69) is 22.0 Å². The summed E-state index contributed by atoms with van der Waals surface area (Å²) in [5, 5.41) is 0. The molecule has 1 heterocycles. The number of benzene rings is 2. The lowest BCUT2D eigenvalue weighted by Crippen LogP contribution is -2.13. The molecule has 108 valence electrons. The van der Waals surface area contributed by atoms with Crippen molar-refractivity contribution >= 4 is 21.7 Å². The van der Waals surface area contributed by atoms with Crippen LogP contribution in [0.4, 0.5) is 0 Å². The minimum absolute atomic E-state index is 0.00521. The molecule has 0 N–H and O–H groups in total. The number of rotatable bonds is 4. The van der Waals surface area contributed by atoms with Crippen molar-refractivity contribution in [2.24, 2.45) is 0 Å². The highest BCUT2D eigenvalue weighted by molar-refractivity contribution is 9.10. The van der Waals surface area contributed by atoms with Crippen molar-refractivity contribution in [2.75, 3.05) is 13.2 Å². The number of carbonyl (C=O) groups is 1. The summed E-state index contributed by atoms with van der Waals surface area (Å²) < 4.78 is 12.4. The fourth-order valence-electron chi connectivity index (χ4n) is 2.46. The Labute approximate surface area is 132 Å². The highest BCUT2D eigenvalue weighted by Crippen LogP contribution is 2.34. The normalized spacial score (nSPS) is 16.2.